The molecule has 0 spiro atoms. The highest BCUT2D eigenvalue weighted by molar-refractivity contribution is 9.10. The molecule has 5 nitrogen and oxygen atoms in total. The third-order valence-corrected chi connectivity index (χ3v) is 4.15. The predicted molar refractivity (Wildman–Crippen MR) is 86.6 cm³/mol. The van der Waals surface area contributed by atoms with Gasteiger partial charge in [0.2, 0.25) is 0 Å². The highest BCUT2D eigenvalue weighted by atomic mass is 79.9. The minimum atomic E-state index is 0.564. The van der Waals surface area contributed by atoms with Crippen molar-refractivity contribution in [3.05, 3.63) is 40.6 Å². The van der Waals surface area contributed by atoms with E-state index >= 15 is 0 Å². The summed E-state index contributed by atoms with van der Waals surface area (Å²) < 4.78 is 5.21. The van der Waals surface area contributed by atoms with E-state index in [1.807, 2.05) is 23.7 Å². The molecular weight excluding hydrogens is 354 g/mol. The van der Waals surface area contributed by atoms with Crippen molar-refractivity contribution >= 4 is 38.6 Å². The van der Waals surface area contributed by atoms with Crippen LogP contribution in [-0.2, 0) is 26.4 Å². The van der Waals surface area contributed by atoms with Crippen LogP contribution in [0.15, 0.2) is 29.0 Å². The van der Waals surface area contributed by atoms with E-state index in [2.05, 4.69) is 41.7 Å². The van der Waals surface area contributed by atoms with Crippen LogP contribution in [0.25, 0.3) is 11.0 Å². The zero-order chi connectivity index (χ0) is 14.8. The number of nitrogens with zero attached hydrogens (tertiary/aromatic N) is 5. The van der Waals surface area contributed by atoms with E-state index in [1.165, 1.54) is 0 Å². The zero-order valence-corrected chi connectivity index (χ0v) is 14.0. The van der Waals surface area contributed by atoms with Gasteiger partial charge in [-0.05, 0) is 18.2 Å². The summed E-state index contributed by atoms with van der Waals surface area (Å²) in [5.41, 5.74) is 2.11. The Hall–Kier alpha value is -1.40. The molecule has 0 atom stereocenters. The Labute approximate surface area is 136 Å². The number of hydrogen-bond donors (Lipinski definition) is 0. The highest BCUT2D eigenvalue weighted by Gasteiger charge is 2.12. The van der Waals surface area contributed by atoms with Crippen LogP contribution in [0.5, 0.6) is 0 Å². The smallest absolute Gasteiger partial charge is 0.134 e. The van der Waals surface area contributed by atoms with Gasteiger partial charge in [0.15, 0.2) is 0 Å². The van der Waals surface area contributed by atoms with Crippen molar-refractivity contribution in [1.82, 2.24) is 24.3 Å². The number of aryl methyl sites for hydroxylation is 4. The monoisotopic (exact) mass is 367 g/mol. The normalized spacial score (nSPS) is 11.4. The third-order valence-electron chi connectivity index (χ3n) is 3.47. The number of halogens is 2. The second-order valence-corrected chi connectivity index (χ2v) is 6.15. The predicted octanol–water partition coefficient (Wildman–Crippen LogP) is 2.95. The van der Waals surface area contributed by atoms with E-state index in [1.54, 1.807) is 6.33 Å². The van der Waals surface area contributed by atoms with Gasteiger partial charge in [-0.3, -0.25) is 0 Å². The Morgan fingerprint density at radius 3 is 2.81 bits per heavy atom. The van der Waals surface area contributed by atoms with E-state index < -0.39 is 0 Å². The van der Waals surface area contributed by atoms with Crippen LogP contribution in [0, 0.1) is 0 Å². The fraction of sp³-hybridized carbons (Fsp3) is 0.357. The number of benzene rings is 1. The quantitative estimate of drug-likeness (QED) is 0.651. The second-order valence-electron chi connectivity index (χ2n) is 4.86. The van der Waals surface area contributed by atoms with Crippen molar-refractivity contribution in [3.8, 4) is 0 Å². The van der Waals surface area contributed by atoms with Crippen molar-refractivity contribution in [2.45, 2.75) is 19.4 Å². The molecule has 0 bridgehead atoms. The lowest BCUT2D eigenvalue weighted by Crippen LogP contribution is -2.09. The van der Waals surface area contributed by atoms with Gasteiger partial charge in [-0.2, -0.15) is 0 Å². The van der Waals surface area contributed by atoms with Gasteiger partial charge in [0.05, 0.1) is 11.0 Å². The Bertz CT molecular complexity index is 764. The zero-order valence-electron chi connectivity index (χ0n) is 11.6. The molecule has 0 aliphatic carbocycles. The summed E-state index contributed by atoms with van der Waals surface area (Å²) in [6, 6.07) is 6.12. The molecule has 21 heavy (non-hydrogen) atoms. The van der Waals surface area contributed by atoms with Gasteiger partial charge in [-0.25, -0.2) is 4.98 Å². The van der Waals surface area contributed by atoms with Gasteiger partial charge < -0.3 is 9.13 Å². The number of aromatic nitrogens is 5. The maximum Gasteiger partial charge on any atom is 0.134 e. The number of fused-ring (bicyclic) bond motifs is 1. The van der Waals surface area contributed by atoms with E-state index in [-0.39, 0.29) is 0 Å². The fourth-order valence-corrected chi connectivity index (χ4v) is 2.93. The molecule has 110 valence electrons. The van der Waals surface area contributed by atoms with Gasteiger partial charge >= 0.3 is 0 Å². The molecule has 0 unspecified atom stereocenters. The summed E-state index contributed by atoms with van der Waals surface area (Å²) in [7, 11) is 1.96. The highest BCUT2D eigenvalue weighted by Crippen LogP contribution is 2.22. The van der Waals surface area contributed by atoms with E-state index in [4.69, 9.17) is 11.6 Å². The van der Waals surface area contributed by atoms with Gasteiger partial charge in [0.1, 0.15) is 18.0 Å². The Morgan fingerprint density at radius 2 is 2.10 bits per heavy atom. The first-order valence-corrected chi connectivity index (χ1v) is 8.05. The average Bonchev–Trinajstić information content (AvgIpc) is 3.01. The first-order valence-electron chi connectivity index (χ1n) is 6.72. The second kappa shape index (κ2) is 6.15. The molecule has 3 rings (SSSR count). The van der Waals surface area contributed by atoms with Crippen LogP contribution < -0.4 is 0 Å². The molecular formula is C14H15BrClN5. The van der Waals surface area contributed by atoms with Crippen molar-refractivity contribution in [1.29, 1.82) is 0 Å². The van der Waals surface area contributed by atoms with Crippen LogP contribution in [0.3, 0.4) is 0 Å². The molecule has 0 N–H and O–H groups in total. The lowest BCUT2D eigenvalue weighted by atomic mass is 10.3. The van der Waals surface area contributed by atoms with Gasteiger partial charge in [-0.1, -0.05) is 15.9 Å². The SMILES string of the molecule is Cn1cnnc1CCn1c(CCCl)nc2ccc(Br)cc21. The molecule has 0 saturated carbocycles. The molecule has 0 amide bonds. The van der Waals surface area contributed by atoms with Crippen molar-refractivity contribution in [2.24, 2.45) is 7.05 Å². The van der Waals surface area contributed by atoms with Crippen molar-refractivity contribution in [3.63, 3.8) is 0 Å². The number of alkyl halides is 1. The van der Waals surface area contributed by atoms with Crippen LogP contribution in [0.4, 0.5) is 0 Å². The lowest BCUT2D eigenvalue weighted by Gasteiger charge is -2.08. The van der Waals surface area contributed by atoms with E-state index in [9.17, 15) is 0 Å². The maximum atomic E-state index is 5.90. The summed E-state index contributed by atoms with van der Waals surface area (Å²) in [5.74, 6) is 2.54. The fourth-order valence-electron chi connectivity index (χ4n) is 2.42. The topological polar surface area (TPSA) is 48.5 Å². The minimum absolute atomic E-state index is 0.564. The summed E-state index contributed by atoms with van der Waals surface area (Å²) >= 11 is 9.43. The number of imidazole rings is 1. The van der Waals surface area contributed by atoms with E-state index in [0.717, 1.165) is 46.5 Å². The number of hydrogen-bond acceptors (Lipinski definition) is 3. The molecule has 7 heteroatoms. The summed E-state index contributed by atoms with van der Waals surface area (Å²) in [4.78, 5) is 4.68. The molecule has 0 aliphatic rings. The molecule has 0 fully saturated rings. The van der Waals surface area contributed by atoms with Crippen LogP contribution >= 0.6 is 27.5 Å². The van der Waals surface area contributed by atoms with Crippen LogP contribution in [0.1, 0.15) is 11.6 Å². The Balaban J connectivity index is 1.96. The molecule has 0 radical (unpaired) electrons. The molecule has 0 aliphatic heterocycles. The van der Waals surface area contributed by atoms with Crippen LogP contribution in [0.2, 0.25) is 0 Å². The van der Waals surface area contributed by atoms with Crippen LogP contribution in [-0.4, -0.2) is 30.2 Å². The first-order chi connectivity index (χ1) is 10.2. The molecule has 2 heterocycles. The summed E-state index contributed by atoms with van der Waals surface area (Å²) in [5, 5.41) is 8.05. The molecule has 0 saturated heterocycles. The van der Waals surface area contributed by atoms with Crippen molar-refractivity contribution < 1.29 is 0 Å². The van der Waals surface area contributed by atoms with Gasteiger partial charge in [-0.15, -0.1) is 21.8 Å². The third kappa shape index (κ3) is 2.96. The molecule has 1 aromatic carbocycles. The van der Waals surface area contributed by atoms with Gasteiger partial charge in [0, 0.05) is 36.8 Å². The summed E-state index contributed by atoms with van der Waals surface area (Å²) in [6.07, 6.45) is 3.29. The van der Waals surface area contributed by atoms with Crippen molar-refractivity contribution in [2.75, 3.05) is 5.88 Å². The van der Waals surface area contributed by atoms with E-state index in [0.29, 0.717) is 5.88 Å². The standard InChI is InChI=1S/C14H15BrClN5/c1-20-9-17-19-14(20)5-7-21-12-8-10(15)2-3-11(12)18-13(21)4-6-16/h2-3,8-9H,4-7H2,1H3. The number of rotatable bonds is 5. The lowest BCUT2D eigenvalue weighted by molar-refractivity contribution is 0.636. The summed E-state index contributed by atoms with van der Waals surface area (Å²) in [6.45, 7) is 0.811. The molecule has 2 aromatic heterocycles. The first kappa shape index (κ1) is 14.5. The molecule has 3 aromatic rings. The maximum absolute atomic E-state index is 5.90. The Kier molecular flexibility index (Phi) is 4.26. The Morgan fingerprint density at radius 1 is 1.24 bits per heavy atom. The van der Waals surface area contributed by atoms with Gasteiger partial charge in [0.25, 0.3) is 0 Å². The largest absolute Gasteiger partial charge is 0.327 e. The average molecular weight is 369 g/mol. The minimum Gasteiger partial charge on any atom is -0.327 e.